The summed E-state index contributed by atoms with van der Waals surface area (Å²) >= 11 is 0. The molecule has 8 aromatic carbocycles. The fourth-order valence-electron chi connectivity index (χ4n) is 7.72. The van der Waals surface area contributed by atoms with E-state index in [4.69, 9.17) is 4.98 Å². The Bertz CT molecular complexity index is 2930. The fraction of sp³-hybridized carbons (Fsp3) is 0. The Balaban J connectivity index is 1.26. The SMILES string of the molecule is c1cc(-c2ccc3c(-c4ccc5ccccc5c4)c4ccccc4c(-c4ccc5ccccc5c4)c3c2)nc(-c2cncc3ccccc23)c1. The van der Waals surface area contributed by atoms with Crippen LogP contribution in [0.2, 0.25) is 0 Å². The summed E-state index contributed by atoms with van der Waals surface area (Å²) in [6.07, 6.45) is 3.84. The van der Waals surface area contributed by atoms with Gasteiger partial charge < -0.3 is 0 Å². The summed E-state index contributed by atoms with van der Waals surface area (Å²) in [4.78, 5) is 9.80. The van der Waals surface area contributed by atoms with E-state index in [0.29, 0.717) is 0 Å². The zero-order valence-electron chi connectivity index (χ0n) is 27.2. The number of fused-ring (bicyclic) bond motifs is 5. The Hall–Kier alpha value is -6.64. The van der Waals surface area contributed by atoms with Crippen molar-refractivity contribution in [1.82, 2.24) is 9.97 Å². The quantitative estimate of drug-likeness (QED) is 0.180. The molecule has 0 aliphatic heterocycles. The summed E-state index contributed by atoms with van der Waals surface area (Å²) in [6.45, 7) is 0. The molecule has 0 aliphatic rings. The van der Waals surface area contributed by atoms with Crippen LogP contribution in [0.15, 0.2) is 182 Å². The summed E-state index contributed by atoms with van der Waals surface area (Å²) in [7, 11) is 0. The molecule has 0 fully saturated rings. The maximum Gasteiger partial charge on any atom is 0.0731 e. The zero-order valence-corrected chi connectivity index (χ0v) is 27.2. The average molecular weight is 635 g/mol. The molecule has 2 heterocycles. The van der Waals surface area contributed by atoms with Gasteiger partial charge in [-0.3, -0.25) is 4.98 Å². The van der Waals surface area contributed by atoms with Crippen molar-refractivity contribution in [2.45, 2.75) is 0 Å². The highest BCUT2D eigenvalue weighted by Gasteiger charge is 2.19. The van der Waals surface area contributed by atoms with Gasteiger partial charge in [0.1, 0.15) is 0 Å². The lowest BCUT2D eigenvalue weighted by molar-refractivity contribution is 1.30. The number of hydrogen-bond donors (Lipinski definition) is 0. The van der Waals surface area contributed by atoms with Crippen molar-refractivity contribution in [3.05, 3.63) is 182 Å². The number of aromatic nitrogens is 2. The van der Waals surface area contributed by atoms with E-state index in [1.165, 1.54) is 65.3 Å². The highest BCUT2D eigenvalue weighted by molar-refractivity contribution is 6.22. The minimum Gasteiger partial charge on any atom is -0.263 e. The van der Waals surface area contributed by atoms with Gasteiger partial charge in [0, 0.05) is 28.9 Å². The van der Waals surface area contributed by atoms with Gasteiger partial charge in [-0.1, -0.05) is 140 Å². The van der Waals surface area contributed by atoms with Gasteiger partial charge in [0.05, 0.1) is 11.4 Å². The Morgan fingerprint density at radius 2 is 0.820 bits per heavy atom. The van der Waals surface area contributed by atoms with Crippen LogP contribution in [-0.2, 0) is 0 Å². The molecule has 0 amide bonds. The predicted octanol–water partition coefficient (Wildman–Crippen LogP) is 12.9. The van der Waals surface area contributed by atoms with Crippen LogP contribution in [0.5, 0.6) is 0 Å². The van der Waals surface area contributed by atoms with E-state index in [1.54, 1.807) is 0 Å². The Morgan fingerprint density at radius 1 is 0.300 bits per heavy atom. The van der Waals surface area contributed by atoms with Crippen LogP contribution in [0, 0.1) is 0 Å². The van der Waals surface area contributed by atoms with E-state index in [2.05, 4.69) is 175 Å². The monoisotopic (exact) mass is 634 g/mol. The van der Waals surface area contributed by atoms with E-state index in [9.17, 15) is 0 Å². The molecule has 0 aliphatic carbocycles. The summed E-state index contributed by atoms with van der Waals surface area (Å²) in [6, 6.07) is 61.4. The summed E-state index contributed by atoms with van der Waals surface area (Å²) in [5.74, 6) is 0. The predicted molar refractivity (Wildman–Crippen MR) is 211 cm³/mol. The first-order valence-corrected chi connectivity index (χ1v) is 17.1. The van der Waals surface area contributed by atoms with E-state index in [-0.39, 0.29) is 0 Å². The summed E-state index contributed by atoms with van der Waals surface area (Å²) in [5.41, 5.74) is 8.87. The van der Waals surface area contributed by atoms with Crippen LogP contribution >= 0.6 is 0 Å². The van der Waals surface area contributed by atoms with Gasteiger partial charge in [-0.25, -0.2) is 4.98 Å². The van der Waals surface area contributed by atoms with E-state index in [0.717, 1.165) is 33.3 Å². The lowest BCUT2D eigenvalue weighted by atomic mass is 9.84. The van der Waals surface area contributed by atoms with E-state index in [1.807, 2.05) is 12.4 Å². The number of pyridine rings is 2. The molecule has 232 valence electrons. The third-order valence-corrected chi connectivity index (χ3v) is 10.1. The maximum atomic E-state index is 5.25. The first-order chi connectivity index (χ1) is 24.8. The van der Waals surface area contributed by atoms with Gasteiger partial charge in [0.15, 0.2) is 0 Å². The fourth-order valence-corrected chi connectivity index (χ4v) is 7.72. The van der Waals surface area contributed by atoms with Crippen molar-refractivity contribution in [2.75, 3.05) is 0 Å². The van der Waals surface area contributed by atoms with Gasteiger partial charge in [-0.2, -0.15) is 0 Å². The lowest BCUT2D eigenvalue weighted by Crippen LogP contribution is -1.93. The standard InChI is InChI=1S/C48H30N2/c1-3-12-33-26-36(22-20-31(33)10-1)47-40-16-7-8-17-41(40)48(37-23-21-32-11-2-4-13-34(32)27-37)43-28-35(24-25-42(43)47)45-18-9-19-46(50-45)44-30-49-29-38-14-5-6-15-39(38)44/h1-30H. The zero-order chi connectivity index (χ0) is 33.0. The maximum absolute atomic E-state index is 5.25. The average Bonchev–Trinajstić information content (AvgIpc) is 3.19. The molecule has 0 radical (unpaired) electrons. The van der Waals surface area contributed by atoms with Gasteiger partial charge in [0.25, 0.3) is 0 Å². The molecule has 50 heavy (non-hydrogen) atoms. The largest absolute Gasteiger partial charge is 0.263 e. The number of hydrogen-bond acceptors (Lipinski definition) is 2. The molecular formula is C48H30N2. The third kappa shape index (κ3) is 4.65. The second-order valence-electron chi connectivity index (χ2n) is 13.0. The van der Waals surface area contributed by atoms with Gasteiger partial charge in [-0.05, 0) is 101 Å². The smallest absolute Gasteiger partial charge is 0.0731 e. The molecule has 2 aromatic heterocycles. The van der Waals surface area contributed by atoms with Crippen molar-refractivity contribution in [1.29, 1.82) is 0 Å². The van der Waals surface area contributed by atoms with Crippen LogP contribution in [0.4, 0.5) is 0 Å². The van der Waals surface area contributed by atoms with E-state index < -0.39 is 0 Å². The summed E-state index contributed by atoms with van der Waals surface area (Å²) in [5, 5.41) is 12.1. The molecule has 0 unspecified atom stereocenters. The molecule has 0 saturated heterocycles. The first kappa shape index (κ1) is 28.4. The highest BCUT2D eigenvalue weighted by atomic mass is 14.7. The van der Waals surface area contributed by atoms with Gasteiger partial charge in [0.2, 0.25) is 0 Å². The first-order valence-electron chi connectivity index (χ1n) is 17.1. The molecule has 0 bridgehead atoms. The normalized spacial score (nSPS) is 11.6. The van der Waals surface area contributed by atoms with Crippen LogP contribution in [0.1, 0.15) is 0 Å². The van der Waals surface area contributed by atoms with Crippen molar-refractivity contribution in [3.63, 3.8) is 0 Å². The third-order valence-electron chi connectivity index (χ3n) is 10.1. The van der Waals surface area contributed by atoms with Crippen LogP contribution in [0.25, 0.3) is 98.6 Å². The molecular weight excluding hydrogens is 605 g/mol. The second kappa shape index (κ2) is 11.5. The molecule has 0 spiro atoms. The number of benzene rings is 8. The molecule has 0 N–H and O–H groups in total. The van der Waals surface area contributed by atoms with Gasteiger partial charge in [-0.15, -0.1) is 0 Å². The molecule has 0 saturated carbocycles. The number of nitrogens with zero attached hydrogens (tertiary/aromatic N) is 2. The van der Waals surface area contributed by atoms with Gasteiger partial charge >= 0.3 is 0 Å². The van der Waals surface area contributed by atoms with Crippen molar-refractivity contribution in [3.8, 4) is 44.8 Å². The lowest BCUT2D eigenvalue weighted by Gasteiger charge is -2.19. The molecule has 2 nitrogen and oxygen atoms in total. The molecule has 2 heteroatoms. The minimum atomic E-state index is 0.914. The van der Waals surface area contributed by atoms with E-state index >= 15 is 0 Å². The topological polar surface area (TPSA) is 25.8 Å². The van der Waals surface area contributed by atoms with Crippen LogP contribution in [-0.4, -0.2) is 9.97 Å². The second-order valence-corrected chi connectivity index (χ2v) is 13.0. The molecule has 10 aromatic rings. The Kier molecular flexibility index (Phi) is 6.53. The Labute approximate surface area is 290 Å². The van der Waals surface area contributed by atoms with Crippen molar-refractivity contribution >= 4 is 53.9 Å². The molecule has 0 atom stereocenters. The van der Waals surface area contributed by atoms with Crippen LogP contribution in [0.3, 0.4) is 0 Å². The Morgan fingerprint density at radius 3 is 1.50 bits per heavy atom. The summed E-state index contributed by atoms with van der Waals surface area (Å²) < 4.78 is 0. The molecule has 10 rings (SSSR count). The van der Waals surface area contributed by atoms with Crippen LogP contribution < -0.4 is 0 Å². The van der Waals surface area contributed by atoms with Crippen molar-refractivity contribution < 1.29 is 0 Å². The van der Waals surface area contributed by atoms with Crippen molar-refractivity contribution in [2.24, 2.45) is 0 Å². The number of rotatable bonds is 4. The highest BCUT2D eigenvalue weighted by Crippen LogP contribution is 2.45. The minimum absolute atomic E-state index is 0.914.